The fourth-order valence-corrected chi connectivity index (χ4v) is 8.66. The highest BCUT2D eigenvalue weighted by atomic mass is 31.2. The highest BCUT2D eigenvalue weighted by Gasteiger charge is 2.32. The number of likely N-dealkylation sites (N-methyl/N-ethyl adjacent to an activating group) is 1. The van der Waals surface area contributed by atoms with Gasteiger partial charge in [-0.3, -0.25) is 13.8 Å². The van der Waals surface area contributed by atoms with E-state index < -0.39 is 32.7 Å². The summed E-state index contributed by atoms with van der Waals surface area (Å²) in [7, 11) is 1.42. The Kier molecular flexibility index (Phi) is 49.0. The van der Waals surface area contributed by atoms with Crippen molar-refractivity contribution >= 4 is 13.7 Å². The van der Waals surface area contributed by atoms with Gasteiger partial charge in [-0.25, -0.2) is 4.57 Å². The van der Waals surface area contributed by atoms with Crippen LogP contribution in [0.1, 0.15) is 226 Å². The topological polar surface area (TPSA) is 125 Å². The lowest BCUT2D eigenvalue weighted by Crippen LogP contribution is -2.51. The van der Waals surface area contributed by atoms with Crippen molar-refractivity contribution in [3.8, 4) is 0 Å². The van der Waals surface area contributed by atoms with E-state index in [-0.39, 0.29) is 18.9 Å². The van der Waals surface area contributed by atoms with Gasteiger partial charge in [0.25, 0.3) is 0 Å². The molecule has 0 aromatic rings. The second-order valence-electron chi connectivity index (χ2n) is 20.4. The van der Waals surface area contributed by atoms with Gasteiger partial charge >= 0.3 is 7.82 Å². The van der Waals surface area contributed by atoms with E-state index in [1.807, 2.05) is 21.1 Å². The number of nitrogens with zero attached hydrogens (tertiary/aromatic N) is 1. The van der Waals surface area contributed by atoms with E-state index in [1.54, 1.807) is 0 Å². The third-order valence-electron chi connectivity index (χ3n) is 12.4. The average Bonchev–Trinajstić information content (AvgIpc) is 3.33. The quantitative estimate of drug-likeness (QED) is 0.0207. The van der Waals surface area contributed by atoms with Crippen molar-refractivity contribution in [1.29, 1.82) is 0 Å². The smallest absolute Gasteiger partial charge is 0.390 e. The molecule has 410 valence electrons. The van der Waals surface area contributed by atoms with Crippen LogP contribution in [0.25, 0.3) is 0 Å². The Hall–Kier alpha value is -2.62. The van der Waals surface area contributed by atoms with Gasteiger partial charge in [-0.05, 0) is 77.0 Å². The van der Waals surface area contributed by atoms with Crippen LogP contribution in [-0.4, -0.2) is 84.6 Å². The maximum atomic E-state index is 13.0. The minimum atomic E-state index is -4.43. The molecule has 0 spiro atoms. The van der Waals surface area contributed by atoms with Crippen molar-refractivity contribution in [3.05, 3.63) is 97.2 Å². The summed E-state index contributed by atoms with van der Waals surface area (Å²) in [5.74, 6) is -0.267. The van der Waals surface area contributed by atoms with Crippen LogP contribution in [0.2, 0.25) is 0 Å². The number of amides is 1. The fourth-order valence-electron chi connectivity index (χ4n) is 7.92. The number of unbranched alkanes of at least 4 members (excludes halogenated alkanes) is 21. The summed E-state index contributed by atoms with van der Waals surface area (Å²) in [4.78, 5) is 23.3. The lowest BCUT2D eigenvalue weighted by atomic mass is 9.99. The van der Waals surface area contributed by atoms with Gasteiger partial charge < -0.3 is 24.9 Å². The van der Waals surface area contributed by atoms with Crippen LogP contribution < -0.4 is 5.32 Å². The highest BCUT2D eigenvalue weighted by Crippen LogP contribution is 2.43. The second kappa shape index (κ2) is 50.9. The van der Waals surface area contributed by atoms with Crippen molar-refractivity contribution in [2.75, 3.05) is 40.9 Å². The molecule has 0 aromatic carbocycles. The minimum absolute atomic E-state index is 0.0169. The summed E-state index contributed by atoms with van der Waals surface area (Å²) in [6, 6.07) is -1.04. The molecule has 4 N–H and O–H groups in total. The first-order chi connectivity index (χ1) is 34.4. The van der Waals surface area contributed by atoms with Gasteiger partial charge in [-0.15, -0.1) is 0 Å². The Labute approximate surface area is 437 Å². The number of aliphatic hydroxyl groups is 2. The number of hydrogen-bond acceptors (Lipinski definition) is 6. The summed E-state index contributed by atoms with van der Waals surface area (Å²) in [6.45, 7) is 4.48. The molecule has 4 atom stereocenters. The molecule has 0 heterocycles. The first kappa shape index (κ1) is 68.4. The van der Waals surface area contributed by atoms with Crippen LogP contribution in [0.15, 0.2) is 97.2 Å². The van der Waals surface area contributed by atoms with Crippen LogP contribution >= 0.6 is 7.82 Å². The highest BCUT2D eigenvalue weighted by molar-refractivity contribution is 7.47. The lowest BCUT2D eigenvalue weighted by Gasteiger charge is -2.28. The summed E-state index contributed by atoms with van der Waals surface area (Å²) in [5.41, 5.74) is 0. The fraction of sp³-hybridized carbons (Fsp3) is 0.721. The molecule has 71 heavy (non-hydrogen) atoms. The number of rotatable bonds is 51. The molecular formula is C61H110N2O7P+. The normalized spacial score (nSPS) is 15.1. The molecule has 0 aliphatic rings. The Bertz CT molecular complexity index is 1490. The number of phosphoric acid groups is 1. The van der Waals surface area contributed by atoms with Crippen molar-refractivity contribution in [2.24, 2.45) is 0 Å². The van der Waals surface area contributed by atoms with Crippen molar-refractivity contribution in [2.45, 2.75) is 244 Å². The first-order valence-corrected chi connectivity index (χ1v) is 30.2. The summed E-state index contributed by atoms with van der Waals surface area (Å²) in [5, 5.41) is 24.8. The number of carbonyl (C=O) groups is 1. The predicted molar refractivity (Wildman–Crippen MR) is 305 cm³/mol. The molecule has 0 saturated carbocycles. The Balaban J connectivity index is 4.18. The maximum absolute atomic E-state index is 13.0. The third kappa shape index (κ3) is 52.1. The van der Waals surface area contributed by atoms with E-state index in [0.29, 0.717) is 17.4 Å². The van der Waals surface area contributed by atoms with Crippen LogP contribution in [0.5, 0.6) is 0 Å². The molecule has 0 fully saturated rings. The zero-order chi connectivity index (χ0) is 52.2. The van der Waals surface area contributed by atoms with Gasteiger partial charge in [0.15, 0.2) is 0 Å². The largest absolute Gasteiger partial charge is 0.472 e. The number of hydrogen-bond donors (Lipinski definition) is 4. The molecular weight excluding hydrogens is 904 g/mol. The molecule has 0 aliphatic carbocycles. The summed E-state index contributed by atoms with van der Waals surface area (Å²) in [6.07, 6.45) is 69.2. The number of phosphoric ester groups is 1. The number of aliphatic hydroxyl groups excluding tert-OH is 2. The molecule has 0 saturated heterocycles. The van der Waals surface area contributed by atoms with E-state index in [1.165, 1.54) is 96.3 Å². The molecule has 0 rings (SSSR count). The zero-order valence-electron chi connectivity index (χ0n) is 46.3. The van der Waals surface area contributed by atoms with Gasteiger partial charge in [-0.2, -0.15) is 0 Å². The van der Waals surface area contributed by atoms with E-state index in [4.69, 9.17) is 9.05 Å². The van der Waals surface area contributed by atoms with E-state index in [0.717, 1.165) is 103 Å². The third-order valence-corrected chi connectivity index (χ3v) is 13.4. The van der Waals surface area contributed by atoms with Crippen LogP contribution in [-0.2, 0) is 18.4 Å². The molecule has 9 nitrogen and oxygen atoms in total. The van der Waals surface area contributed by atoms with Gasteiger partial charge in [0.1, 0.15) is 19.3 Å². The first-order valence-electron chi connectivity index (χ1n) is 28.7. The molecule has 0 bridgehead atoms. The number of nitrogens with one attached hydrogen (secondary N) is 1. The van der Waals surface area contributed by atoms with Gasteiger partial charge in [0.2, 0.25) is 5.91 Å². The minimum Gasteiger partial charge on any atom is -0.390 e. The van der Waals surface area contributed by atoms with E-state index in [9.17, 15) is 24.5 Å². The number of quaternary nitrogens is 1. The molecule has 4 unspecified atom stereocenters. The SMILES string of the molecule is CC/C=C\C/C=C\C/C=C\C/C=C\C/C=C\C/C=C\C/C=C\C/C=C\CCCCCCCCCCCCC(=O)NC(COP(=O)(O)OCC[N+](C)(C)C)C(O)C(O)CCCCCCCCCCCCCC. The van der Waals surface area contributed by atoms with Crippen molar-refractivity contribution < 1.29 is 38.0 Å². The number of allylic oxidation sites excluding steroid dienone is 16. The monoisotopic (exact) mass is 1010 g/mol. The van der Waals surface area contributed by atoms with Crippen LogP contribution in [0.3, 0.4) is 0 Å². The van der Waals surface area contributed by atoms with Crippen molar-refractivity contribution in [3.63, 3.8) is 0 Å². The van der Waals surface area contributed by atoms with Gasteiger partial charge in [-0.1, -0.05) is 239 Å². The van der Waals surface area contributed by atoms with Gasteiger partial charge in [0, 0.05) is 6.42 Å². The Morgan fingerprint density at radius 3 is 1.28 bits per heavy atom. The van der Waals surface area contributed by atoms with E-state index in [2.05, 4.69) is 116 Å². The molecule has 0 aromatic heterocycles. The molecule has 1 amide bonds. The lowest BCUT2D eigenvalue weighted by molar-refractivity contribution is -0.870. The van der Waals surface area contributed by atoms with Gasteiger partial charge in [0.05, 0.1) is 39.9 Å². The number of carbonyl (C=O) groups excluding carboxylic acids is 1. The van der Waals surface area contributed by atoms with E-state index >= 15 is 0 Å². The molecule has 0 aliphatic heterocycles. The van der Waals surface area contributed by atoms with Crippen LogP contribution in [0.4, 0.5) is 0 Å². The molecule has 10 heteroatoms. The second-order valence-corrected chi connectivity index (χ2v) is 21.9. The zero-order valence-corrected chi connectivity index (χ0v) is 47.2. The summed E-state index contributed by atoms with van der Waals surface area (Å²) < 4.78 is 23.6. The Morgan fingerprint density at radius 1 is 0.507 bits per heavy atom. The predicted octanol–water partition coefficient (Wildman–Crippen LogP) is 16.4. The Morgan fingerprint density at radius 2 is 0.873 bits per heavy atom. The van der Waals surface area contributed by atoms with Crippen LogP contribution in [0, 0.1) is 0 Å². The maximum Gasteiger partial charge on any atom is 0.472 e. The standard InChI is InChI=1S/C61H109N2O7P/c1-6-8-10-12-14-16-18-20-21-22-23-24-25-26-27-28-29-30-31-32-33-34-35-36-37-38-39-40-41-42-44-46-48-50-52-54-60(65)62-58(57-70-71(67,68)69-56-55-63(3,4)5)61(66)59(64)53-51-49-47-45-43-19-17-15-13-11-9-7-2/h8,10,14,16,20-21,23-24,26-27,29-30,32-33,35-36,58-59,61,64,66H,6-7,9,11-13,15,17-19,22,25,28,31,34,37-57H2,1-5H3,(H-,62,65,67,68)/p+1/b10-8-,16-14-,21-20-,24-23-,27-26-,30-29-,33-32-,36-35-. The average molecular weight is 1010 g/mol. The van der Waals surface area contributed by atoms with Crippen molar-refractivity contribution in [1.82, 2.24) is 5.32 Å². The molecule has 0 radical (unpaired) electrons. The summed E-state index contributed by atoms with van der Waals surface area (Å²) >= 11 is 0.